The molecule has 2 N–H and O–H groups in total. The van der Waals surface area contributed by atoms with E-state index in [4.69, 9.17) is 5.73 Å². The third-order valence-electron chi connectivity index (χ3n) is 3.30. The van der Waals surface area contributed by atoms with Crippen molar-refractivity contribution in [1.82, 2.24) is 0 Å². The molecule has 0 saturated heterocycles. The fraction of sp³-hybridized carbons (Fsp3) is 0.538. The zero-order valence-corrected chi connectivity index (χ0v) is 11.8. The predicted molar refractivity (Wildman–Crippen MR) is 74.8 cm³/mol. The van der Waals surface area contributed by atoms with Gasteiger partial charge in [0.15, 0.2) is 0 Å². The van der Waals surface area contributed by atoms with E-state index in [-0.39, 0.29) is 0 Å². The summed E-state index contributed by atoms with van der Waals surface area (Å²) in [5, 5.41) is 0. The van der Waals surface area contributed by atoms with Gasteiger partial charge in [0, 0.05) is 15.4 Å². The highest BCUT2D eigenvalue weighted by atomic mass is 79.9. The van der Waals surface area contributed by atoms with Crippen molar-refractivity contribution in [2.45, 2.75) is 36.6 Å². The summed E-state index contributed by atoms with van der Waals surface area (Å²) in [4.78, 5) is 1.34. The summed E-state index contributed by atoms with van der Waals surface area (Å²) in [6, 6.07) is 8.88. The van der Waals surface area contributed by atoms with Gasteiger partial charge in [-0.15, -0.1) is 11.8 Å². The van der Waals surface area contributed by atoms with Gasteiger partial charge in [0.25, 0.3) is 0 Å². The van der Waals surface area contributed by atoms with E-state index in [0.29, 0.717) is 6.04 Å². The molecule has 0 spiro atoms. The monoisotopic (exact) mass is 299 g/mol. The Bertz CT molecular complexity index is 342. The first kappa shape index (κ1) is 12.5. The first-order valence-electron chi connectivity index (χ1n) is 5.90. The second kappa shape index (κ2) is 6.08. The minimum atomic E-state index is 0.458. The molecule has 16 heavy (non-hydrogen) atoms. The maximum Gasteiger partial charge on any atom is 0.0311 e. The average molecular weight is 300 g/mol. The van der Waals surface area contributed by atoms with Gasteiger partial charge in [-0.25, -0.2) is 0 Å². The maximum absolute atomic E-state index is 6.07. The van der Waals surface area contributed by atoms with Crippen LogP contribution in [-0.2, 0) is 0 Å². The Hall–Kier alpha value is 0.01000. The van der Waals surface area contributed by atoms with Crippen LogP contribution in [0, 0.1) is 5.92 Å². The first-order valence-corrected chi connectivity index (χ1v) is 7.68. The number of thioether (sulfide) groups is 1. The van der Waals surface area contributed by atoms with Gasteiger partial charge in [-0.05, 0) is 59.0 Å². The zero-order valence-electron chi connectivity index (χ0n) is 9.36. The molecule has 1 aromatic rings. The Morgan fingerprint density at radius 2 is 2.12 bits per heavy atom. The van der Waals surface area contributed by atoms with Crippen molar-refractivity contribution < 1.29 is 0 Å². The van der Waals surface area contributed by atoms with Gasteiger partial charge in [-0.3, -0.25) is 0 Å². The Morgan fingerprint density at radius 1 is 1.31 bits per heavy atom. The lowest BCUT2D eigenvalue weighted by atomic mass is 10.0. The third kappa shape index (κ3) is 3.25. The molecular formula is C13H18BrNS. The molecular weight excluding hydrogens is 282 g/mol. The quantitative estimate of drug-likeness (QED) is 0.849. The first-order chi connectivity index (χ1) is 7.77. The molecule has 1 fully saturated rings. The lowest BCUT2D eigenvalue weighted by Crippen LogP contribution is -2.24. The van der Waals surface area contributed by atoms with E-state index in [9.17, 15) is 0 Å². The van der Waals surface area contributed by atoms with Crippen LogP contribution in [0.1, 0.15) is 25.7 Å². The highest BCUT2D eigenvalue weighted by Crippen LogP contribution is 2.32. The Morgan fingerprint density at radius 3 is 2.81 bits per heavy atom. The lowest BCUT2D eigenvalue weighted by molar-refractivity contribution is 0.470. The van der Waals surface area contributed by atoms with E-state index >= 15 is 0 Å². The minimum absolute atomic E-state index is 0.458. The fourth-order valence-corrected chi connectivity index (χ4v) is 3.96. The van der Waals surface area contributed by atoms with Gasteiger partial charge in [-0.1, -0.05) is 18.6 Å². The van der Waals surface area contributed by atoms with Crippen molar-refractivity contribution in [1.29, 1.82) is 0 Å². The summed E-state index contributed by atoms with van der Waals surface area (Å²) in [6.45, 7) is 0. The predicted octanol–water partition coefficient (Wildman–Crippen LogP) is 4.06. The number of halogens is 1. The van der Waals surface area contributed by atoms with E-state index in [2.05, 4.69) is 40.2 Å². The van der Waals surface area contributed by atoms with Gasteiger partial charge in [-0.2, -0.15) is 0 Å². The largest absolute Gasteiger partial charge is 0.327 e. The van der Waals surface area contributed by atoms with Crippen LogP contribution in [0.5, 0.6) is 0 Å². The number of benzene rings is 1. The molecule has 1 saturated carbocycles. The Balaban J connectivity index is 1.78. The number of hydrogen-bond acceptors (Lipinski definition) is 2. The van der Waals surface area contributed by atoms with Crippen molar-refractivity contribution in [2.24, 2.45) is 11.7 Å². The molecule has 1 nitrogen and oxygen atoms in total. The van der Waals surface area contributed by atoms with Gasteiger partial charge in [0.1, 0.15) is 0 Å². The minimum Gasteiger partial charge on any atom is -0.327 e. The van der Waals surface area contributed by atoms with Crippen LogP contribution in [0.3, 0.4) is 0 Å². The van der Waals surface area contributed by atoms with Crippen LogP contribution in [0.2, 0.25) is 0 Å². The molecule has 1 aromatic carbocycles. The van der Waals surface area contributed by atoms with E-state index in [1.165, 1.54) is 40.8 Å². The molecule has 2 atom stereocenters. The average Bonchev–Trinajstić information content (AvgIpc) is 2.67. The third-order valence-corrected chi connectivity index (χ3v) is 5.36. The molecule has 0 radical (unpaired) electrons. The van der Waals surface area contributed by atoms with Crippen LogP contribution in [-0.4, -0.2) is 11.8 Å². The van der Waals surface area contributed by atoms with Gasteiger partial charge < -0.3 is 5.73 Å². The van der Waals surface area contributed by atoms with E-state index in [1.807, 2.05) is 11.8 Å². The molecule has 2 unspecified atom stereocenters. The summed E-state index contributed by atoms with van der Waals surface area (Å²) in [5.74, 6) is 1.94. The highest BCUT2D eigenvalue weighted by molar-refractivity contribution is 9.10. The fourth-order valence-electron chi connectivity index (χ4n) is 2.31. The summed E-state index contributed by atoms with van der Waals surface area (Å²) >= 11 is 5.51. The highest BCUT2D eigenvalue weighted by Gasteiger charge is 2.23. The molecule has 0 aliphatic heterocycles. The Kier molecular flexibility index (Phi) is 4.74. The number of rotatable bonds is 4. The van der Waals surface area contributed by atoms with Gasteiger partial charge in [0.05, 0.1) is 0 Å². The second-order valence-corrected chi connectivity index (χ2v) is 6.41. The van der Waals surface area contributed by atoms with Crippen molar-refractivity contribution in [3.63, 3.8) is 0 Å². The summed E-state index contributed by atoms with van der Waals surface area (Å²) < 4.78 is 1.20. The second-order valence-electron chi connectivity index (χ2n) is 4.42. The van der Waals surface area contributed by atoms with E-state index < -0.39 is 0 Å². The van der Waals surface area contributed by atoms with Crippen molar-refractivity contribution >= 4 is 27.7 Å². The molecule has 2 rings (SSSR count). The standard InChI is InChI=1S/C13H18BrNS/c14-11-5-1-2-7-13(11)16-9-8-10-4-3-6-12(10)15/h1-2,5,7,10,12H,3-4,6,8-9,15H2. The van der Waals surface area contributed by atoms with Crippen molar-refractivity contribution in [2.75, 3.05) is 5.75 Å². The maximum atomic E-state index is 6.07. The summed E-state index contributed by atoms with van der Waals surface area (Å²) in [7, 11) is 0. The van der Waals surface area contributed by atoms with Crippen molar-refractivity contribution in [3.8, 4) is 0 Å². The zero-order chi connectivity index (χ0) is 11.4. The van der Waals surface area contributed by atoms with E-state index in [1.54, 1.807) is 0 Å². The SMILES string of the molecule is NC1CCCC1CCSc1ccccc1Br. The molecule has 1 aliphatic rings. The number of hydrogen-bond donors (Lipinski definition) is 1. The molecule has 1 aliphatic carbocycles. The summed E-state index contributed by atoms with van der Waals surface area (Å²) in [6.07, 6.45) is 5.14. The van der Waals surface area contributed by atoms with Gasteiger partial charge >= 0.3 is 0 Å². The Labute approximate surface area is 110 Å². The van der Waals surface area contributed by atoms with E-state index in [0.717, 1.165) is 5.92 Å². The molecule has 0 aromatic heterocycles. The topological polar surface area (TPSA) is 26.0 Å². The smallest absolute Gasteiger partial charge is 0.0311 e. The van der Waals surface area contributed by atoms with Gasteiger partial charge in [0.2, 0.25) is 0 Å². The molecule has 0 amide bonds. The molecule has 0 heterocycles. The number of nitrogens with two attached hydrogens (primary N) is 1. The molecule has 88 valence electrons. The van der Waals surface area contributed by atoms with Crippen LogP contribution >= 0.6 is 27.7 Å². The van der Waals surface area contributed by atoms with Crippen LogP contribution in [0.25, 0.3) is 0 Å². The summed E-state index contributed by atoms with van der Waals surface area (Å²) in [5.41, 5.74) is 6.07. The lowest BCUT2D eigenvalue weighted by Gasteiger charge is -2.14. The van der Waals surface area contributed by atoms with Crippen molar-refractivity contribution in [3.05, 3.63) is 28.7 Å². The molecule has 0 bridgehead atoms. The normalized spacial score (nSPS) is 24.9. The van der Waals surface area contributed by atoms with Crippen LogP contribution in [0.15, 0.2) is 33.6 Å². The molecule has 3 heteroatoms. The van der Waals surface area contributed by atoms with Crippen LogP contribution in [0.4, 0.5) is 0 Å². The van der Waals surface area contributed by atoms with Crippen LogP contribution < -0.4 is 5.73 Å².